The molecule has 2 heterocycles. The molecule has 11 heteroatoms. The molecule has 8 nitrogen and oxygen atoms in total. The molecule has 0 aliphatic carbocycles. The molecule has 0 bridgehead atoms. The van der Waals surface area contributed by atoms with Gasteiger partial charge in [-0.15, -0.1) is 11.3 Å². The summed E-state index contributed by atoms with van der Waals surface area (Å²) in [5.74, 6) is -1.32. The molecule has 1 saturated heterocycles. The maximum atomic E-state index is 14.0. The molecule has 3 rings (SSSR count). The molecular weight excluding hydrogens is 409 g/mol. The monoisotopic (exact) mass is 427 g/mol. The van der Waals surface area contributed by atoms with Crippen molar-refractivity contribution in [3.63, 3.8) is 0 Å². The van der Waals surface area contributed by atoms with Crippen molar-refractivity contribution >= 4 is 33.0 Å². The van der Waals surface area contributed by atoms with E-state index in [1.807, 2.05) is 0 Å². The first-order valence-electron chi connectivity index (χ1n) is 8.48. The van der Waals surface area contributed by atoms with Crippen molar-refractivity contribution in [2.45, 2.75) is 30.0 Å². The molecule has 0 saturated carbocycles. The van der Waals surface area contributed by atoms with Crippen LogP contribution in [0.1, 0.15) is 28.8 Å². The van der Waals surface area contributed by atoms with Crippen molar-refractivity contribution in [2.75, 3.05) is 13.1 Å². The van der Waals surface area contributed by atoms with Crippen LogP contribution in [0.2, 0.25) is 0 Å². The van der Waals surface area contributed by atoms with Gasteiger partial charge in [-0.1, -0.05) is 6.07 Å². The minimum absolute atomic E-state index is 0.0904. The maximum Gasteiger partial charge on any atom is 0.276 e. The SMILES string of the molecule is Cc1c(F)cc(C(=O)N2CCC(NS(=O)(=O)c3cccs3)CC2)cc1[N+](=O)[O-]. The normalized spacial score (nSPS) is 15.6. The molecular formula is C17H18FN3O5S2. The fourth-order valence-electron chi connectivity index (χ4n) is 3.05. The van der Waals surface area contributed by atoms with Crippen molar-refractivity contribution in [3.8, 4) is 0 Å². The summed E-state index contributed by atoms with van der Waals surface area (Å²) in [5, 5.41) is 12.7. The predicted molar refractivity (Wildman–Crippen MR) is 101 cm³/mol. The average molecular weight is 427 g/mol. The van der Waals surface area contributed by atoms with Gasteiger partial charge in [-0.2, -0.15) is 0 Å². The number of thiophene rings is 1. The summed E-state index contributed by atoms with van der Waals surface area (Å²) in [6, 6.07) is 4.92. The zero-order valence-corrected chi connectivity index (χ0v) is 16.6. The quantitative estimate of drug-likeness (QED) is 0.583. The van der Waals surface area contributed by atoms with Crippen LogP contribution in [0.5, 0.6) is 0 Å². The van der Waals surface area contributed by atoms with Gasteiger partial charge in [-0.05, 0) is 37.3 Å². The second-order valence-electron chi connectivity index (χ2n) is 6.48. The number of rotatable bonds is 5. The third kappa shape index (κ3) is 4.21. The molecule has 1 aliphatic rings. The molecule has 0 unspecified atom stereocenters. The van der Waals surface area contributed by atoms with Crippen LogP contribution in [0.4, 0.5) is 10.1 Å². The van der Waals surface area contributed by atoms with E-state index >= 15 is 0 Å². The van der Waals surface area contributed by atoms with Gasteiger partial charge in [0, 0.05) is 30.8 Å². The Bertz CT molecular complexity index is 1000. The maximum absolute atomic E-state index is 14.0. The van der Waals surface area contributed by atoms with Gasteiger partial charge in [0.25, 0.3) is 11.6 Å². The molecule has 1 aromatic carbocycles. The van der Waals surface area contributed by atoms with Crippen LogP contribution in [0.25, 0.3) is 0 Å². The van der Waals surface area contributed by atoms with Gasteiger partial charge in [0.15, 0.2) is 0 Å². The molecule has 28 heavy (non-hydrogen) atoms. The number of halogens is 1. The summed E-state index contributed by atoms with van der Waals surface area (Å²) in [7, 11) is -3.59. The Morgan fingerprint density at radius 3 is 2.61 bits per heavy atom. The number of hydrogen-bond donors (Lipinski definition) is 1. The van der Waals surface area contributed by atoms with Crippen LogP contribution >= 0.6 is 11.3 Å². The number of likely N-dealkylation sites (tertiary alicyclic amines) is 1. The van der Waals surface area contributed by atoms with E-state index in [0.717, 1.165) is 23.5 Å². The number of carbonyl (C=O) groups is 1. The van der Waals surface area contributed by atoms with E-state index in [-0.39, 0.29) is 34.5 Å². The van der Waals surface area contributed by atoms with Gasteiger partial charge in [0.1, 0.15) is 10.0 Å². The van der Waals surface area contributed by atoms with Crippen molar-refractivity contribution in [1.29, 1.82) is 0 Å². The van der Waals surface area contributed by atoms with E-state index in [1.165, 1.54) is 17.9 Å². The lowest BCUT2D eigenvalue weighted by molar-refractivity contribution is -0.385. The standard InChI is InChI=1S/C17H18FN3O5S2/c1-11-14(18)9-12(10-15(11)21(23)24)17(22)20-6-4-13(5-7-20)19-28(25,26)16-3-2-8-27-16/h2-3,8-10,13,19H,4-7H2,1H3. The Hall–Kier alpha value is -2.37. The number of nitrogens with one attached hydrogen (secondary N) is 1. The van der Waals surface area contributed by atoms with Gasteiger partial charge in [0.2, 0.25) is 10.0 Å². The third-order valence-electron chi connectivity index (χ3n) is 4.62. The highest BCUT2D eigenvalue weighted by Crippen LogP contribution is 2.25. The Morgan fingerprint density at radius 1 is 1.36 bits per heavy atom. The first-order valence-corrected chi connectivity index (χ1v) is 10.8. The summed E-state index contributed by atoms with van der Waals surface area (Å²) in [6.45, 7) is 1.81. The Morgan fingerprint density at radius 2 is 2.04 bits per heavy atom. The van der Waals surface area contributed by atoms with Crippen LogP contribution in [-0.4, -0.2) is 43.3 Å². The Balaban J connectivity index is 1.67. The average Bonchev–Trinajstić information content (AvgIpc) is 3.19. The number of piperidine rings is 1. The van der Waals surface area contributed by atoms with Crippen LogP contribution in [-0.2, 0) is 10.0 Å². The zero-order valence-electron chi connectivity index (χ0n) is 14.9. The van der Waals surface area contributed by atoms with E-state index in [2.05, 4.69) is 4.72 Å². The molecule has 1 aromatic heterocycles. The second-order valence-corrected chi connectivity index (χ2v) is 9.37. The molecule has 2 aromatic rings. The molecule has 1 fully saturated rings. The highest BCUT2D eigenvalue weighted by atomic mass is 32.2. The fourth-order valence-corrected chi connectivity index (χ4v) is 5.37. The summed E-state index contributed by atoms with van der Waals surface area (Å²) in [5.41, 5.74) is -0.655. The number of nitrogens with zero attached hydrogens (tertiary/aromatic N) is 2. The van der Waals surface area contributed by atoms with E-state index < -0.39 is 32.4 Å². The molecule has 1 amide bonds. The van der Waals surface area contributed by atoms with Crippen molar-refractivity contribution < 1.29 is 22.5 Å². The molecule has 150 valence electrons. The number of benzene rings is 1. The second kappa shape index (κ2) is 7.94. The van der Waals surface area contributed by atoms with Gasteiger partial charge >= 0.3 is 0 Å². The number of amides is 1. The smallest absolute Gasteiger partial charge is 0.276 e. The summed E-state index contributed by atoms with van der Waals surface area (Å²) >= 11 is 1.12. The van der Waals surface area contributed by atoms with Crippen LogP contribution < -0.4 is 4.72 Å². The Kier molecular flexibility index (Phi) is 5.77. The van der Waals surface area contributed by atoms with Gasteiger partial charge in [0.05, 0.1) is 10.5 Å². The number of carbonyl (C=O) groups excluding carboxylic acids is 1. The van der Waals surface area contributed by atoms with E-state index in [9.17, 15) is 27.7 Å². The first kappa shape index (κ1) is 20.4. The minimum Gasteiger partial charge on any atom is -0.339 e. The number of hydrogen-bond acceptors (Lipinski definition) is 6. The zero-order chi connectivity index (χ0) is 20.5. The molecule has 1 aliphatic heterocycles. The van der Waals surface area contributed by atoms with E-state index in [1.54, 1.807) is 11.4 Å². The molecule has 0 atom stereocenters. The molecule has 0 radical (unpaired) electrons. The molecule has 1 N–H and O–H groups in total. The largest absolute Gasteiger partial charge is 0.339 e. The minimum atomic E-state index is -3.59. The Labute approximate surface area is 165 Å². The van der Waals surface area contributed by atoms with Gasteiger partial charge in [-0.3, -0.25) is 14.9 Å². The van der Waals surface area contributed by atoms with E-state index in [4.69, 9.17) is 0 Å². The lowest BCUT2D eigenvalue weighted by Crippen LogP contribution is -2.46. The predicted octanol–water partition coefficient (Wildman–Crippen LogP) is 2.69. The van der Waals surface area contributed by atoms with Crippen LogP contribution in [0, 0.1) is 22.9 Å². The van der Waals surface area contributed by atoms with Crippen molar-refractivity contribution in [2.24, 2.45) is 0 Å². The summed E-state index contributed by atoms with van der Waals surface area (Å²) < 4.78 is 41.4. The lowest BCUT2D eigenvalue weighted by atomic mass is 10.0. The van der Waals surface area contributed by atoms with Crippen LogP contribution in [0.3, 0.4) is 0 Å². The fraction of sp³-hybridized carbons (Fsp3) is 0.353. The van der Waals surface area contributed by atoms with Gasteiger partial charge in [-0.25, -0.2) is 17.5 Å². The number of sulfonamides is 1. The van der Waals surface area contributed by atoms with Gasteiger partial charge < -0.3 is 4.90 Å². The molecule has 0 spiro atoms. The first-order chi connectivity index (χ1) is 13.2. The summed E-state index contributed by atoms with van der Waals surface area (Å²) in [6.07, 6.45) is 0.791. The van der Waals surface area contributed by atoms with Crippen molar-refractivity contribution in [1.82, 2.24) is 9.62 Å². The number of nitro groups is 1. The third-order valence-corrected chi connectivity index (χ3v) is 7.54. The lowest BCUT2D eigenvalue weighted by Gasteiger charge is -2.32. The van der Waals surface area contributed by atoms with Crippen LogP contribution in [0.15, 0.2) is 33.9 Å². The van der Waals surface area contributed by atoms with Crippen molar-refractivity contribution in [3.05, 3.63) is 56.7 Å². The highest BCUT2D eigenvalue weighted by molar-refractivity contribution is 7.91. The van der Waals surface area contributed by atoms with E-state index in [0.29, 0.717) is 12.8 Å². The number of nitro benzene ring substituents is 1. The summed E-state index contributed by atoms with van der Waals surface area (Å²) in [4.78, 5) is 24.4. The highest BCUT2D eigenvalue weighted by Gasteiger charge is 2.29. The topological polar surface area (TPSA) is 110 Å².